The largest absolute Gasteiger partial charge is 0.477 e. The van der Waals surface area contributed by atoms with Gasteiger partial charge in [-0.3, -0.25) is 0 Å². The molecule has 0 bridgehead atoms. The van der Waals surface area contributed by atoms with Gasteiger partial charge in [0.05, 0.1) is 13.2 Å². The molecule has 0 radical (unpaired) electrons. The molecule has 1 aromatic rings. The van der Waals surface area contributed by atoms with Gasteiger partial charge in [-0.15, -0.1) is 24.0 Å². The lowest BCUT2D eigenvalue weighted by Crippen LogP contribution is -2.32. The van der Waals surface area contributed by atoms with E-state index in [0.29, 0.717) is 18.4 Å². The van der Waals surface area contributed by atoms with E-state index in [9.17, 15) is 0 Å². The molecule has 20 heavy (non-hydrogen) atoms. The molecule has 112 valence electrons. The number of ether oxygens (including phenoxy) is 1. The van der Waals surface area contributed by atoms with E-state index >= 15 is 0 Å². The highest BCUT2D eigenvalue weighted by molar-refractivity contribution is 14.0. The molecule has 1 aliphatic carbocycles. The molecule has 0 saturated heterocycles. The maximum absolute atomic E-state index is 5.74. The molecule has 0 amide bonds. The molecule has 0 atom stereocenters. The zero-order valence-corrected chi connectivity index (χ0v) is 14.2. The molecule has 1 heterocycles. The van der Waals surface area contributed by atoms with E-state index in [-0.39, 0.29) is 24.0 Å². The molecule has 0 aromatic carbocycles. The van der Waals surface area contributed by atoms with E-state index in [1.165, 1.54) is 12.8 Å². The smallest absolute Gasteiger partial charge is 0.213 e. The summed E-state index contributed by atoms with van der Waals surface area (Å²) in [6, 6.07) is 3.86. The molecule has 1 fully saturated rings. The summed E-state index contributed by atoms with van der Waals surface area (Å²) in [4.78, 5) is 8.48. The van der Waals surface area contributed by atoms with Crippen molar-refractivity contribution in [1.82, 2.24) is 10.3 Å². The van der Waals surface area contributed by atoms with Crippen molar-refractivity contribution >= 4 is 29.9 Å². The Morgan fingerprint density at radius 3 is 3.05 bits per heavy atom. The third-order valence-electron chi connectivity index (χ3n) is 2.95. The van der Waals surface area contributed by atoms with Crippen LogP contribution >= 0.6 is 24.0 Å². The molecular formula is C14H23IN4O. The van der Waals surface area contributed by atoms with Crippen molar-refractivity contribution in [3.8, 4) is 5.88 Å². The zero-order chi connectivity index (χ0) is 13.5. The van der Waals surface area contributed by atoms with Crippen molar-refractivity contribution in [3.05, 3.63) is 23.9 Å². The van der Waals surface area contributed by atoms with Crippen LogP contribution in [-0.4, -0.2) is 24.1 Å². The lowest BCUT2D eigenvalue weighted by molar-refractivity contribution is 0.288. The number of halogens is 1. The van der Waals surface area contributed by atoms with E-state index in [0.717, 1.165) is 31.1 Å². The monoisotopic (exact) mass is 390 g/mol. The Morgan fingerprint density at radius 1 is 1.55 bits per heavy atom. The summed E-state index contributed by atoms with van der Waals surface area (Å²) in [6.45, 7) is 4.26. The standard InChI is InChI=1S/C14H22N4O.HI/c1-2-6-17-14(15)18-9-12-5-7-16-13(8-12)19-10-11-3-4-11;/h5,7-8,11H,2-4,6,9-10H2,1H3,(H3,15,17,18);1H. The first-order valence-electron chi connectivity index (χ1n) is 6.89. The van der Waals surface area contributed by atoms with E-state index in [2.05, 4.69) is 22.2 Å². The first-order chi connectivity index (χ1) is 9.28. The third kappa shape index (κ3) is 6.40. The summed E-state index contributed by atoms with van der Waals surface area (Å²) in [5.74, 6) is 1.90. The van der Waals surface area contributed by atoms with Gasteiger partial charge < -0.3 is 15.8 Å². The first-order valence-corrected chi connectivity index (χ1v) is 6.89. The number of aliphatic imine (C=N–C) groups is 1. The van der Waals surface area contributed by atoms with Crippen LogP contribution in [0.2, 0.25) is 0 Å². The Labute approximate surface area is 137 Å². The van der Waals surface area contributed by atoms with Gasteiger partial charge in [0.1, 0.15) is 0 Å². The van der Waals surface area contributed by atoms with Gasteiger partial charge in [-0.1, -0.05) is 6.92 Å². The number of hydrogen-bond acceptors (Lipinski definition) is 3. The minimum absolute atomic E-state index is 0. The Balaban J connectivity index is 0.00000200. The van der Waals surface area contributed by atoms with Crippen LogP contribution in [-0.2, 0) is 6.54 Å². The highest BCUT2D eigenvalue weighted by Crippen LogP contribution is 2.29. The second-order valence-electron chi connectivity index (χ2n) is 4.88. The molecule has 3 N–H and O–H groups in total. The van der Waals surface area contributed by atoms with E-state index < -0.39 is 0 Å². The fourth-order valence-corrected chi connectivity index (χ4v) is 1.60. The summed E-state index contributed by atoms with van der Waals surface area (Å²) in [6.07, 6.45) is 5.35. The number of guanidine groups is 1. The van der Waals surface area contributed by atoms with Gasteiger partial charge in [-0.2, -0.15) is 0 Å². The lowest BCUT2D eigenvalue weighted by Gasteiger charge is -2.06. The highest BCUT2D eigenvalue weighted by Gasteiger charge is 2.22. The van der Waals surface area contributed by atoms with Crippen LogP contribution in [0.4, 0.5) is 0 Å². The van der Waals surface area contributed by atoms with Crippen LogP contribution < -0.4 is 15.8 Å². The van der Waals surface area contributed by atoms with Crippen molar-refractivity contribution < 1.29 is 4.74 Å². The van der Waals surface area contributed by atoms with Crippen LogP contribution in [0.5, 0.6) is 5.88 Å². The van der Waals surface area contributed by atoms with Crippen molar-refractivity contribution in [2.45, 2.75) is 32.7 Å². The Morgan fingerprint density at radius 2 is 2.35 bits per heavy atom. The average molecular weight is 390 g/mol. The predicted octanol–water partition coefficient (Wildman–Crippen LogP) is 2.30. The zero-order valence-electron chi connectivity index (χ0n) is 11.8. The second-order valence-corrected chi connectivity index (χ2v) is 4.88. The SMILES string of the molecule is CCCNC(N)=NCc1ccnc(OCC2CC2)c1.I. The number of aromatic nitrogens is 1. The summed E-state index contributed by atoms with van der Waals surface area (Å²) in [5.41, 5.74) is 6.80. The molecule has 6 heteroatoms. The van der Waals surface area contributed by atoms with E-state index in [4.69, 9.17) is 10.5 Å². The molecule has 0 spiro atoms. The number of nitrogens with two attached hydrogens (primary N) is 1. The summed E-state index contributed by atoms with van der Waals surface area (Å²) in [5, 5.41) is 3.05. The molecule has 0 unspecified atom stereocenters. The summed E-state index contributed by atoms with van der Waals surface area (Å²) < 4.78 is 5.64. The lowest BCUT2D eigenvalue weighted by atomic mass is 10.3. The molecule has 0 aliphatic heterocycles. The number of nitrogens with one attached hydrogen (secondary N) is 1. The van der Waals surface area contributed by atoms with Crippen LogP contribution in [0.1, 0.15) is 31.7 Å². The van der Waals surface area contributed by atoms with Crippen LogP contribution in [0.25, 0.3) is 0 Å². The molecule has 1 saturated carbocycles. The normalized spacial score (nSPS) is 14.6. The Kier molecular flexibility index (Phi) is 7.64. The average Bonchev–Trinajstić information content (AvgIpc) is 3.25. The molecule has 5 nitrogen and oxygen atoms in total. The van der Waals surface area contributed by atoms with Gasteiger partial charge in [0.2, 0.25) is 5.88 Å². The minimum atomic E-state index is 0. The van der Waals surface area contributed by atoms with Gasteiger partial charge in [0.15, 0.2) is 5.96 Å². The van der Waals surface area contributed by atoms with Gasteiger partial charge in [0, 0.05) is 18.8 Å². The number of hydrogen-bond donors (Lipinski definition) is 2. The van der Waals surface area contributed by atoms with Gasteiger partial charge in [-0.25, -0.2) is 9.98 Å². The molecule has 1 aromatic heterocycles. The van der Waals surface area contributed by atoms with Gasteiger partial charge in [0.25, 0.3) is 0 Å². The highest BCUT2D eigenvalue weighted by atomic mass is 127. The summed E-state index contributed by atoms with van der Waals surface area (Å²) in [7, 11) is 0. The van der Waals surface area contributed by atoms with Gasteiger partial charge in [-0.05, 0) is 36.8 Å². The van der Waals surface area contributed by atoms with Crippen molar-refractivity contribution in [2.24, 2.45) is 16.6 Å². The van der Waals surface area contributed by atoms with Crippen LogP contribution in [0.3, 0.4) is 0 Å². The topological polar surface area (TPSA) is 72.5 Å². The quantitative estimate of drug-likeness (QED) is 0.426. The third-order valence-corrected chi connectivity index (χ3v) is 2.95. The van der Waals surface area contributed by atoms with Crippen molar-refractivity contribution in [2.75, 3.05) is 13.2 Å². The van der Waals surface area contributed by atoms with Gasteiger partial charge >= 0.3 is 0 Å². The first kappa shape index (κ1) is 17.0. The fraction of sp³-hybridized carbons (Fsp3) is 0.571. The molecule has 2 rings (SSSR count). The van der Waals surface area contributed by atoms with Crippen molar-refractivity contribution in [1.29, 1.82) is 0 Å². The molecule has 1 aliphatic rings. The number of nitrogens with zero attached hydrogens (tertiary/aromatic N) is 2. The second kappa shape index (κ2) is 8.99. The fourth-order valence-electron chi connectivity index (χ4n) is 1.60. The minimum Gasteiger partial charge on any atom is -0.477 e. The number of pyridine rings is 1. The summed E-state index contributed by atoms with van der Waals surface area (Å²) >= 11 is 0. The Hall–Kier alpha value is -1.05. The van der Waals surface area contributed by atoms with E-state index in [1.807, 2.05) is 12.1 Å². The van der Waals surface area contributed by atoms with Crippen molar-refractivity contribution in [3.63, 3.8) is 0 Å². The Bertz CT molecular complexity index is 435. The van der Waals surface area contributed by atoms with Crippen LogP contribution in [0, 0.1) is 5.92 Å². The molecular weight excluding hydrogens is 367 g/mol. The maximum atomic E-state index is 5.74. The van der Waals surface area contributed by atoms with E-state index in [1.54, 1.807) is 6.20 Å². The predicted molar refractivity (Wildman–Crippen MR) is 91.5 cm³/mol. The number of rotatable bonds is 7. The van der Waals surface area contributed by atoms with Crippen LogP contribution in [0.15, 0.2) is 23.3 Å². The maximum Gasteiger partial charge on any atom is 0.213 e.